The molecule has 4 heteroatoms. The van der Waals surface area contributed by atoms with Crippen LogP contribution in [0, 0.1) is 5.41 Å². The number of amides is 1. The van der Waals surface area contributed by atoms with E-state index in [0.717, 1.165) is 0 Å². The Kier molecular flexibility index (Phi) is 5.52. The summed E-state index contributed by atoms with van der Waals surface area (Å²) in [7, 11) is 0. The number of rotatable bonds is 4. The first kappa shape index (κ1) is 13.8. The van der Waals surface area contributed by atoms with Crippen molar-refractivity contribution in [3.05, 3.63) is 0 Å². The molecule has 0 heterocycles. The number of hydrogen-bond donors (Lipinski definition) is 2. The lowest BCUT2D eigenvalue weighted by atomic mass is 9.89. The van der Waals surface area contributed by atoms with Crippen LogP contribution in [0.2, 0.25) is 0 Å². The smallest absolute Gasteiger partial charge is 0.232 e. The van der Waals surface area contributed by atoms with E-state index in [1.54, 1.807) is 0 Å². The minimum Gasteiger partial charge on any atom is -0.391 e. The highest BCUT2D eigenvalue weighted by molar-refractivity contribution is 7.99. The number of thioether (sulfide) groups is 1. The Hall–Kier alpha value is -0.220. The summed E-state index contributed by atoms with van der Waals surface area (Å²) in [6.07, 6.45) is 1.39. The highest BCUT2D eigenvalue weighted by atomic mass is 32.2. The minimum atomic E-state index is -0.500. The van der Waals surface area contributed by atoms with E-state index in [1.807, 2.05) is 34.0 Å². The predicted molar refractivity (Wildman–Crippen MR) is 61.4 cm³/mol. The number of nitrogens with one attached hydrogen (secondary N) is 1. The summed E-state index contributed by atoms with van der Waals surface area (Å²) in [6, 6.07) is 0. The first-order valence-electron chi connectivity index (χ1n) is 4.77. The van der Waals surface area contributed by atoms with Gasteiger partial charge in [0.25, 0.3) is 0 Å². The molecule has 0 aliphatic carbocycles. The van der Waals surface area contributed by atoms with E-state index in [4.69, 9.17) is 0 Å². The van der Waals surface area contributed by atoms with Crippen LogP contribution in [0.15, 0.2) is 0 Å². The van der Waals surface area contributed by atoms with Crippen LogP contribution in [0.5, 0.6) is 0 Å². The van der Waals surface area contributed by atoms with E-state index in [0.29, 0.717) is 6.54 Å². The van der Waals surface area contributed by atoms with Crippen LogP contribution in [0.1, 0.15) is 27.7 Å². The minimum absolute atomic E-state index is 0.0131. The zero-order valence-electron chi connectivity index (χ0n) is 9.63. The third kappa shape index (κ3) is 4.86. The van der Waals surface area contributed by atoms with E-state index in [2.05, 4.69) is 5.32 Å². The lowest BCUT2D eigenvalue weighted by Crippen LogP contribution is -2.41. The van der Waals surface area contributed by atoms with Gasteiger partial charge in [0, 0.05) is 6.54 Å². The first-order valence-corrected chi connectivity index (χ1v) is 6.06. The molecule has 0 saturated heterocycles. The molecule has 3 nitrogen and oxygen atoms in total. The third-order valence-electron chi connectivity index (χ3n) is 2.19. The Balaban J connectivity index is 3.89. The van der Waals surface area contributed by atoms with Crippen molar-refractivity contribution in [3.63, 3.8) is 0 Å². The van der Waals surface area contributed by atoms with Gasteiger partial charge in [-0.3, -0.25) is 4.79 Å². The Bertz CT molecular complexity index is 189. The molecule has 0 rings (SSSR count). The summed E-state index contributed by atoms with van der Waals surface area (Å²) in [5, 5.41) is 12.3. The van der Waals surface area contributed by atoms with Crippen molar-refractivity contribution >= 4 is 17.7 Å². The summed E-state index contributed by atoms with van der Waals surface area (Å²) < 4.78 is 0. The van der Waals surface area contributed by atoms with E-state index in [9.17, 15) is 9.90 Å². The maximum Gasteiger partial charge on any atom is 0.232 e. The SMILES string of the molecule is CSC(C)C(=O)NCC(O)C(C)(C)C. The maximum atomic E-state index is 11.4. The van der Waals surface area contributed by atoms with Gasteiger partial charge in [-0.05, 0) is 18.6 Å². The molecule has 0 aromatic rings. The fourth-order valence-electron chi connectivity index (χ4n) is 0.754. The van der Waals surface area contributed by atoms with Crippen LogP contribution in [0.25, 0.3) is 0 Å². The molecular formula is C10H21NO2S. The molecule has 14 heavy (non-hydrogen) atoms. The Morgan fingerprint density at radius 2 is 2.00 bits per heavy atom. The Morgan fingerprint density at radius 3 is 2.36 bits per heavy atom. The van der Waals surface area contributed by atoms with E-state index < -0.39 is 6.10 Å². The first-order chi connectivity index (χ1) is 6.29. The molecule has 0 aliphatic heterocycles. The maximum absolute atomic E-state index is 11.4. The molecule has 84 valence electrons. The molecule has 0 aromatic heterocycles. The third-order valence-corrected chi connectivity index (χ3v) is 3.11. The second-order valence-corrected chi connectivity index (χ2v) is 5.68. The van der Waals surface area contributed by atoms with Crippen LogP contribution in [0.3, 0.4) is 0 Å². The summed E-state index contributed by atoms with van der Waals surface area (Å²) in [4.78, 5) is 11.4. The van der Waals surface area contributed by atoms with Crippen LogP contribution >= 0.6 is 11.8 Å². The molecule has 1 amide bonds. The quantitative estimate of drug-likeness (QED) is 0.748. The van der Waals surface area contributed by atoms with E-state index >= 15 is 0 Å². The van der Waals surface area contributed by atoms with Gasteiger partial charge < -0.3 is 10.4 Å². The Labute approximate surface area is 90.7 Å². The lowest BCUT2D eigenvalue weighted by Gasteiger charge is -2.26. The fraction of sp³-hybridized carbons (Fsp3) is 0.900. The van der Waals surface area contributed by atoms with Gasteiger partial charge in [-0.2, -0.15) is 11.8 Å². The average Bonchev–Trinajstić information content (AvgIpc) is 2.10. The van der Waals surface area contributed by atoms with Gasteiger partial charge in [-0.1, -0.05) is 20.8 Å². The number of aliphatic hydroxyl groups is 1. The number of aliphatic hydroxyl groups excluding tert-OH is 1. The second kappa shape index (κ2) is 5.61. The van der Waals surface area contributed by atoms with Gasteiger partial charge >= 0.3 is 0 Å². The molecule has 0 radical (unpaired) electrons. The van der Waals surface area contributed by atoms with Gasteiger partial charge in [0.1, 0.15) is 0 Å². The van der Waals surface area contributed by atoms with Crippen molar-refractivity contribution in [3.8, 4) is 0 Å². The monoisotopic (exact) mass is 219 g/mol. The van der Waals surface area contributed by atoms with Crippen molar-refractivity contribution < 1.29 is 9.90 Å². The second-order valence-electron chi connectivity index (χ2n) is 4.50. The molecule has 0 spiro atoms. The number of carbonyl (C=O) groups is 1. The van der Waals surface area contributed by atoms with E-state index in [-0.39, 0.29) is 16.6 Å². The summed E-state index contributed by atoms with van der Waals surface area (Å²) >= 11 is 1.50. The zero-order chi connectivity index (χ0) is 11.4. The highest BCUT2D eigenvalue weighted by Gasteiger charge is 2.23. The lowest BCUT2D eigenvalue weighted by molar-refractivity contribution is -0.121. The fourth-order valence-corrected chi connectivity index (χ4v) is 1.05. The molecular weight excluding hydrogens is 198 g/mol. The van der Waals surface area contributed by atoms with Gasteiger partial charge in [-0.15, -0.1) is 0 Å². The summed E-state index contributed by atoms with van der Waals surface area (Å²) in [5.74, 6) is -0.0131. The molecule has 2 unspecified atom stereocenters. The molecule has 2 N–H and O–H groups in total. The van der Waals surface area contributed by atoms with Gasteiger partial charge in [0.05, 0.1) is 11.4 Å². The normalized spacial score (nSPS) is 16.1. The van der Waals surface area contributed by atoms with Crippen LogP contribution in [-0.2, 0) is 4.79 Å². The molecule has 0 aliphatic rings. The topological polar surface area (TPSA) is 49.3 Å². The van der Waals surface area contributed by atoms with Crippen molar-refractivity contribution in [2.75, 3.05) is 12.8 Å². The Morgan fingerprint density at radius 1 is 1.50 bits per heavy atom. The van der Waals surface area contributed by atoms with Crippen molar-refractivity contribution in [2.24, 2.45) is 5.41 Å². The number of hydrogen-bond acceptors (Lipinski definition) is 3. The standard InChI is InChI=1S/C10H21NO2S/c1-7(14-5)9(13)11-6-8(12)10(2,3)4/h7-8,12H,6H2,1-5H3,(H,11,13). The summed E-state index contributed by atoms with van der Waals surface area (Å²) in [6.45, 7) is 8.02. The van der Waals surface area contributed by atoms with Crippen molar-refractivity contribution in [2.45, 2.75) is 39.0 Å². The van der Waals surface area contributed by atoms with Crippen molar-refractivity contribution in [1.82, 2.24) is 5.32 Å². The molecule has 0 aromatic carbocycles. The average molecular weight is 219 g/mol. The van der Waals surface area contributed by atoms with Crippen LogP contribution < -0.4 is 5.32 Å². The van der Waals surface area contributed by atoms with Crippen molar-refractivity contribution in [1.29, 1.82) is 0 Å². The van der Waals surface area contributed by atoms with Gasteiger partial charge in [0.2, 0.25) is 5.91 Å². The van der Waals surface area contributed by atoms with Crippen LogP contribution in [0.4, 0.5) is 0 Å². The largest absolute Gasteiger partial charge is 0.391 e. The van der Waals surface area contributed by atoms with Gasteiger partial charge in [-0.25, -0.2) is 0 Å². The van der Waals surface area contributed by atoms with Crippen LogP contribution in [-0.4, -0.2) is 35.2 Å². The zero-order valence-corrected chi connectivity index (χ0v) is 10.4. The van der Waals surface area contributed by atoms with E-state index in [1.165, 1.54) is 11.8 Å². The molecule has 0 fully saturated rings. The van der Waals surface area contributed by atoms with Gasteiger partial charge in [0.15, 0.2) is 0 Å². The molecule has 0 bridgehead atoms. The number of carbonyl (C=O) groups excluding carboxylic acids is 1. The predicted octanol–water partition coefficient (Wildman–Crippen LogP) is 1.26. The molecule has 0 saturated carbocycles. The highest BCUT2D eigenvalue weighted by Crippen LogP contribution is 2.18. The molecule has 2 atom stereocenters. The summed E-state index contributed by atoms with van der Waals surface area (Å²) in [5.41, 5.74) is -0.185.